The summed E-state index contributed by atoms with van der Waals surface area (Å²) in [5.74, 6) is 0.182. The first-order valence-electron chi connectivity index (χ1n) is 12.9. The summed E-state index contributed by atoms with van der Waals surface area (Å²) in [6.07, 6.45) is 5.73. The van der Waals surface area contributed by atoms with Crippen LogP contribution in [0.2, 0.25) is 0 Å². The number of aryl methyl sites for hydroxylation is 3. The summed E-state index contributed by atoms with van der Waals surface area (Å²) in [7, 11) is 1.87. The Morgan fingerprint density at radius 2 is 2.00 bits per heavy atom. The molecule has 4 aromatic rings. The molecule has 1 atom stereocenters. The molecule has 0 fully saturated rings. The van der Waals surface area contributed by atoms with Gasteiger partial charge in [-0.05, 0) is 73.2 Å². The SMILES string of the molecule is Cn1cnc2cc(C(=O)NC(Cc3ccc(OCCCc4ccc5c(n4)NCCC5)cc3)C(=O)O)ccc21. The Hall–Kier alpha value is -4.40. The Kier molecular flexibility index (Phi) is 7.53. The Morgan fingerprint density at radius 1 is 1.16 bits per heavy atom. The highest BCUT2D eigenvalue weighted by Crippen LogP contribution is 2.20. The van der Waals surface area contributed by atoms with Crippen LogP contribution in [0.3, 0.4) is 0 Å². The van der Waals surface area contributed by atoms with Crippen molar-refractivity contribution in [3.8, 4) is 5.75 Å². The van der Waals surface area contributed by atoms with Crippen molar-refractivity contribution in [2.75, 3.05) is 18.5 Å². The second-order valence-corrected chi connectivity index (χ2v) is 9.56. The van der Waals surface area contributed by atoms with E-state index in [1.165, 1.54) is 5.56 Å². The molecule has 9 nitrogen and oxygen atoms in total. The van der Waals surface area contributed by atoms with Gasteiger partial charge >= 0.3 is 5.97 Å². The van der Waals surface area contributed by atoms with Crippen molar-refractivity contribution >= 4 is 28.7 Å². The number of carbonyl (C=O) groups is 2. The van der Waals surface area contributed by atoms with E-state index in [2.05, 4.69) is 27.8 Å². The highest BCUT2D eigenvalue weighted by atomic mass is 16.5. The fraction of sp³-hybridized carbons (Fsp3) is 0.310. The molecule has 0 saturated carbocycles. The molecular formula is C29H31N5O4. The summed E-state index contributed by atoms with van der Waals surface area (Å²) >= 11 is 0. The maximum absolute atomic E-state index is 12.7. The zero-order valence-electron chi connectivity index (χ0n) is 21.3. The standard InChI is InChI=1S/C29H31N5O4/c1-34-18-31-24-17-21(9-13-26(24)34)28(35)33-25(29(36)37)16-19-6-11-23(12-7-19)38-15-3-5-22-10-8-20-4-2-14-30-27(20)32-22/h6-13,17-18,25H,2-5,14-16H2,1H3,(H,30,32)(H,33,35)(H,36,37). The number of hydrogen-bond acceptors (Lipinski definition) is 6. The molecule has 3 N–H and O–H groups in total. The summed E-state index contributed by atoms with van der Waals surface area (Å²) in [4.78, 5) is 33.6. The van der Waals surface area contributed by atoms with Crippen LogP contribution in [-0.2, 0) is 31.1 Å². The number of carbonyl (C=O) groups excluding carboxylic acids is 1. The minimum Gasteiger partial charge on any atom is -0.494 e. The Balaban J connectivity index is 1.11. The van der Waals surface area contributed by atoms with E-state index in [0.29, 0.717) is 23.4 Å². The van der Waals surface area contributed by atoms with Crippen molar-refractivity contribution < 1.29 is 19.4 Å². The molecule has 0 bridgehead atoms. The molecule has 9 heteroatoms. The number of carboxylic acids is 1. The number of amides is 1. The lowest BCUT2D eigenvalue weighted by Crippen LogP contribution is -2.42. The number of fused-ring (bicyclic) bond motifs is 2. The molecule has 3 heterocycles. The summed E-state index contributed by atoms with van der Waals surface area (Å²) < 4.78 is 7.73. The van der Waals surface area contributed by atoms with Gasteiger partial charge in [0, 0.05) is 31.3 Å². The van der Waals surface area contributed by atoms with Gasteiger partial charge in [-0.1, -0.05) is 18.2 Å². The number of rotatable bonds is 10. The van der Waals surface area contributed by atoms with Gasteiger partial charge in [-0.25, -0.2) is 14.8 Å². The van der Waals surface area contributed by atoms with E-state index < -0.39 is 17.9 Å². The molecule has 196 valence electrons. The van der Waals surface area contributed by atoms with Gasteiger partial charge in [0.15, 0.2) is 0 Å². The molecule has 0 spiro atoms. The number of hydrogen-bond donors (Lipinski definition) is 3. The van der Waals surface area contributed by atoms with E-state index in [4.69, 9.17) is 9.72 Å². The average molecular weight is 514 g/mol. The van der Waals surface area contributed by atoms with Gasteiger partial charge in [0.05, 0.1) is 24.0 Å². The second-order valence-electron chi connectivity index (χ2n) is 9.56. The van der Waals surface area contributed by atoms with Gasteiger partial charge in [0.25, 0.3) is 5.91 Å². The van der Waals surface area contributed by atoms with Crippen LogP contribution in [0.15, 0.2) is 60.9 Å². The molecule has 5 rings (SSSR count). The zero-order valence-corrected chi connectivity index (χ0v) is 21.3. The third-order valence-electron chi connectivity index (χ3n) is 6.75. The van der Waals surface area contributed by atoms with Crippen LogP contribution in [0.25, 0.3) is 11.0 Å². The largest absolute Gasteiger partial charge is 0.494 e. The van der Waals surface area contributed by atoms with Crippen molar-refractivity contribution in [2.45, 2.75) is 38.1 Å². The quantitative estimate of drug-likeness (QED) is 0.276. The Labute approximate surface area is 220 Å². The number of anilines is 1. The van der Waals surface area contributed by atoms with Crippen molar-refractivity contribution in [1.29, 1.82) is 0 Å². The molecule has 1 aliphatic rings. The number of nitrogens with one attached hydrogen (secondary N) is 2. The number of benzene rings is 2. The third-order valence-corrected chi connectivity index (χ3v) is 6.75. The summed E-state index contributed by atoms with van der Waals surface area (Å²) in [5.41, 5.74) is 5.07. The topological polar surface area (TPSA) is 118 Å². The predicted molar refractivity (Wildman–Crippen MR) is 145 cm³/mol. The fourth-order valence-corrected chi connectivity index (χ4v) is 4.63. The first kappa shape index (κ1) is 25.3. The van der Waals surface area contributed by atoms with E-state index in [-0.39, 0.29) is 6.42 Å². The van der Waals surface area contributed by atoms with Crippen molar-refractivity contribution in [3.05, 3.63) is 83.3 Å². The lowest BCUT2D eigenvalue weighted by molar-refractivity contribution is -0.139. The molecule has 2 aromatic heterocycles. The molecular weight excluding hydrogens is 482 g/mol. The first-order chi connectivity index (χ1) is 18.5. The Morgan fingerprint density at radius 3 is 2.82 bits per heavy atom. The smallest absolute Gasteiger partial charge is 0.326 e. The zero-order chi connectivity index (χ0) is 26.5. The molecule has 38 heavy (non-hydrogen) atoms. The monoisotopic (exact) mass is 513 g/mol. The average Bonchev–Trinajstić information content (AvgIpc) is 3.31. The minimum atomic E-state index is -1.09. The lowest BCUT2D eigenvalue weighted by atomic mass is 10.0. The highest BCUT2D eigenvalue weighted by Gasteiger charge is 2.21. The number of nitrogens with zero attached hydrogens (tertiary/aromatic N) is 3. The molecule has 0 radical (unpaired) electrons. The van der Waals surface area contributed by atoms with Gasteiger partial charge in [-0.15, -0.1) is 0 Å². The van der Waals surface area contributed by atoms with E-state index in [1.54, 1.807) is 24.5 Å². The number of carboxylic acid groups (broad SMARTS) is 1. The van der Waals surface area contributed by atoms with Gasteiger partial charge in [0.2, 0.25) is 0 Å². The fourth-order valence-electron chi connectivity index (χ4n) is 4.63. The number of aliphatic carboxylic acids is 1. The molecule has 0 aliphatic carbocycles. The first-order valence-corrected chi connectivity index (χ1v) is 12.9. The maximum atomic E-state index is 12.7. The van der Waals surface area contributed by atoms with Crippen LogP contribution in [0.1, 0.15) is 40.0 Å². The predicted octanol–water partition coefficient (Wildman–Crippen LogP) is 3.76. The third kappa shape index (κ3) is 5.94. The number of ether oxygens (including phenoxy) is 1. The maximum Gasteiger partial charge on any atom is 0.326 e. The van der Waals surface area contributed by atoms with Crippen molar-refractivity contribution in [2.24, 2.45) is 7.05 Å². The number of imidazole rings is 1. The van der Waals surface area contributed by atoms with Gasteiger partial charge < -0.3 is 25.0 Å². The molecule has 2 aromatic carbocycles. The van der Waals surface area contributed by atoms with Crippen LogP contribution in [-0.4, -0.2) is 50.7 Å². The summed E-state index contributed by atoms with van der Waals surface area (Å²) in [6.45, 7) is 1.53. The van der Waals surface area contributed by atoms with E-state index in [9.17, 15) is 14.7 Å². The van der Waals surface area contributed by atoms with Gasteiger partial charge in [-0.3, -0.25) is 4.79 Å². The van der Waals surface area contributed by atoms with Crippen LogP contribution < -0.4 is 15.4 Å². The Bertz CT molecular complexity index is 1450. The molecule has 1 amide bonds. The molecule has 1 aliphatic heterocycles. The second kappa shape index (κ2) is 11.3. The van der Waals surface area contributed by atoms with E-state index in [0.717, 1.165) is 54.8 Å². The minimum absolute atomic E-state index is 0.158. The van der Waals surface area contributed by atoms with Crippen molar-refractivity contribution in [3.63, 3.8) is 0 Å². The normalized spacial score (nSPS) is 13.4. The number of pyridine rings is 1. The number of aromatic nitrogens is 3. The molecule has 1 unspecified atom stereocenters. The van der Waals surface area contributed by atoms with E-state index in [1.807, 2.05) is 35.9 Å². The summed E-state index contributed by atoms with van der Waals surface area (Å²) in [5, 5.41) is 15.7. The van der Waals surface area contributed by atoms with Crippen LogP contribution in [0.4, 0.5) is 5.82 Å². The van der Waals surface area contributed by atoms with E-state index >= 15 is 0 Å². The van der Waals surface area contributed by atoms with Crippen LogP contribution in [0.5, 0.6) is 5.75 Å². The summed E-state index contributed by atoms with van der Waals surface area (Å²) in [6, 6.07) is 15.6. The van der Waals surface area contributed by atoms with Crippen LogP contribution >= 0.6 is 0 Å². The van der Waals surface area contributed by atoms with Gasteiger partial charge in [0.1, 0.15) is 17.6 Å². The van der Waals surface area contributed by atoms with Crippen molar-refractivity contribution in [1.82, 2.24) is 19.9 Å². The highest BCUT2D eigenvalue weighted by molar-refractivity contribution is 5.99. The molecule has 0 saturated heterocycles. The van der Waals surface area contributed by atoms with Gasteiger partial charge in [-0.2, -0.15) is 0 Å². The van der Waals surface area contributed by atoms with Crippen LogP contribution in [0, 0.1) is 0 Å². The lowest BCUT2D eigenvalue weighted by Gasteiger charge is -2.17.